The number of rotatable bonds is 4. The maximum absolute atomic E-state index is 12.4. The van der Waals surface area contributed by atoms with Gasteiger partial charge in [-0.05, 0) is 19.8 Å². The SMILES string of the molecule is CCNC(=NCC(=O)N(C)C)N1CCN(C(=O)C2CCCO2)CC1. The summed E-state index contributed by atoms with van der Waals surface area (Å²) in [5.41, 5.74) is 0. The first-order chi connectivity index (χ1) is 11.5. The van der Waals surface area contributed by atoms with Gasteiger partial charge in [0.15, 0.2) is 5.96 Å². The van der Waals surface area contributed by atoms with Gasteiger partial charge in [-0.2, -0.15) is 0 Å². The van der Waals surface area contributed by atoms with E-state index >= 15 is 0 Å². The van der Waals surface area contributed by atoms with Crippen LogP contribution in [-0.2, 0) is 14.3 Å². The van der Waals surface area contributed by atoms with E-state index in [0.29, 0.717) is 32.8 Å². The molecule has 1 unspecified atom stereocenters. The van der Waals surface area contributed by atoms with Crippen LogP contribution in [0.2, 0.25) is 0 Å². The van der Waals surface area contributed by atoms with Crippen LogP contribution in [0.25, 0.3) is 0 Å². The second kappa shape index (κ2) is 8.86. The highest BCUT2D eigenvalue weighted by atomic mass is 16.5. The van der Waals surface area contributed by atoms with Gasteiger partial charge in [0.2, 0.25) is 5.91 Å². The standard InChI is InChI=1S/C16H29N5O3/c1-4-17-16(18-12-14(22)19(2)3)21-9-7-20(8-10-21)15(23)13-6-5-11-24-13/h13H,4-12H2,1-3H3,(H,17,18). The maximum atomic E-state index is 12.4. The Labute approximate surface area is 143 Å². The molecule has 0 aliphatic carbocycles. The topological polar surface area (TPSA) is 77.5 Å². The maximum Gasteiger partial charge on any atom is 0.251 e. The third kappa shape index (κ3) is 4.83. The smallest absolute Gasteiger partial charge is 0.251 e. The van der Waals surface area contributed by atoms with Gasteiger partial charge in [-0.1, -0.05) is 0 Å². The molecule has 8 heteroatoms. The van der Waals surface area contributed by atoms with Crippen LogP contribution in [0.1, 0.15) is 19.8 Å². The summed E-state index contributed by atoms with van der Waals surface area (Å²) in [6.45, 7) is 6.29. The molecule has 24 heavy (non-hydrogen) atoms. The van der Waals surface area contributed by atoms with Crippen molar-refractivity contribution in [2.24, 2.45) is 4.99 Å². The van der Waals surface area contributed by atoms with Gasteiger partial charge >= 0.3 is 0 Å². The number of hydrogen-bond acceptors (Lipinski definition) is 4. The second-order valence-electron chi connectivity index (χ2n) is 6.27. The Bertz CT molecular complexity index is 466. The van der Waals surface area contributed by atoms with Crippen molar-refractivity contribution in [3.63, 3.8) is 0 Å². The molecule has 0 aromatic carbocycles. The molecule has 8 nitrogen and oxygen atoms in total. The molecular weight excluding hydrogens is 310 g/mol. The molecule has 2 rings (SSSR count). The fourth-order valence-corrected chi connectivity index (χ4v) is 2.82. The first-order valence-electron chi connectivity index (χ1n) is 8.66. The molecular formula is C16H29N5O3. The van der Waals surface area contributed by atoms with Gasteiger partial charge in [-0.25, -0.2) is 4.99 Å². The summed E-state index contributed by atoms with van der Waals surface area (Å²) in [4.78, 5) is 34.0. The summed E-state index contributed by atoms with van der Waals surface area (Å²) in [6.07, 6.45) is 1.54. The Morgan fingerprint density at radius 2 is 1.88 bits per heavy atom. The second-order valence-corrected chi connectivity index (χ2v) is 6.27. The van der Waals surface area contributed by atoms with Gasteiger partial charge < -0.3 is 24.8 Å². The van der Waals surface area contributed by atoms with Gasteiger partial charge in [0.25, 0.3) is 5.91 Å². The molecule has 1 atom stereocenters. The van der Waals surface area contributed by atoms with Crippen LogP contribution < -0.4 is 5.32 Å². The monoisotopic (exact) mass is 339 g/mol. The first kappa shape index (κ1) is 18.5. The molecule has 2 saturated heterocycles. The molecule has 0 spiro atoms. The Morgan fingerprint density at radius 1 is 1.21 bits per heavy atom. The van der Waals surface area contributed by atoms with E-state index < -0.39 is 0 Å². The van der Waals surface area contributed by atoms with Crippen molar-refractivity contribution in [2.75, 3.05) is 60.0 Å². The number of piperazine rings is 1. The quantitative estimate of drug-likeness (QED) is 0.545. The lowest BCUT2D eigenvalue weighted by atomic mass is 10.2. The van der Waals surface area contributed by atoms with Crippen LogP contribution in [0.15, 0.2) is 4.99 Å². The fraction of sp³-hybridized carbons (Fsp3) is 0.812. The van der Waals surface area contributed by atoms with Crippen LogP contribution in [-0.4, -0.2) is 98.5 Å². The summed E-state index contributed by atoms with van der Waals surface area (Å²) >= 11 is 0. The summed E-state index contributed by atoms with van der Waals surface area (Å²) < 4.78 is 5.49. The van der Waals surface area contributed by atoms with E-state index in [2.05, 4.69) is 15.2 Å². The molecule has 2 heterocycles. The molecule has 136 valence electrons. The van der Waals surface area contributed by atoms with E-state index in [9.17, 15) is 9.59 Å². The number of aliphatic imine (C=N–C) groups is 1. The Balaban J connectivity index is 1.88. The minimum Gasteiger partial charge on any atom is -0.368 e. The zero-order chi connectivity index (χ0) is 17.5. The van der Waals surface area contributed by atoms with Crippen LogP contribution in [0.4, 0.5) is 0 Å². The lowest BCUT2D eigenvalue weighted by Gasteiger charge is -2.37. The van der Waals surface area contributed by atoms with Crippen molar-refractivity contribution >= 4 is 17.8 Å². The predicted octanol–water partition coefficient (Wildman–Crippen LogP) is -0.637. The van der Waals surface area contributed by atoms with Gasteiger partial charge in [0.1, 0.15) is 12.6 Å². The molecule has 0 aromatic heterocycles. The Morgan fingerprint density at radius 3 is 2.42 bits per heavy atom. The number of guanidine groups is 1. The number of carbonyl (C=O) groups excluding carboxylic acids is 2. The number of likely N-dealkylation sites (N-methyl/N-ethyl adjacent to an activating group) is 1. The van der Waals surface area contributed by atoms with Gasteiger partial charge in [-0.3, -0.25) is 9.59 Å². The van der Waals surface area contributed by atoms with Crippen LogP contribution >= 0.6 is 0 Å². The molecule has 2 amide bonds. The van der Waals surface area contributed by atoms with Crippen molar-refractivity contribution in [2.45, 2.75) is 25.9 Å². The highest BCUT2D eigenvalue weighted by Crippen LogP contribution is 2.16. The largest absolute Gasteiger partial charge is 0.368 e. The van der Waals surface area contributed by atoms with E-state index in [-0.39, 0.29) is 24.5 Å². The normalized spacial score (nSPS) is 21.8. The number of nitrogens with zero attached hydrogens (tertiary/aromatic N) is 4. The zero-order valence-corrected chi connectivity index (χ0v) is 15.0. The minimum atomic E-state index is -0.254. The van der Waals surface area contributed by atoms with Crippen LogP contribution in [0.5, 0.6) is 0 Å². The average Bonchev–Trinajstić information content (AvgIpc) is 3.12. The van der Waals surface area contributed by atoms with E-state index in [0.717, 1.165) is 25.3 Å². The molecule has 0 radical (unpaired) electrons. The molecule has 2 aliphatic rings. The van der Waals surface area contributed by atoms with Crippen molar-refractivity contribution in [1.29, 1.82) is 0 Å². The highest BCUT2D eigenvalue weighted by Gasteiger charge is 2.30. The van der Waals surface area contributed by atoms with Gasteiger partial charge in [0, 0.05) is 53.4 Å². The van der Waals surface area contributed by atoms with E-state index in [1.165, 1.54) is 4.90 Å². The van der Waals surface area contributed by atoms with Gasteiger partial charge in [0.05, 0.1) is 0 Å². The predicted molar refractivity (Wildman–Crippen MR) is 91.8 cm³/mol. The molecule has 2 aliphatic heterocycles. The minimum absolute atomic E-state index is 0.0300. The number of carbonyl (C=O) groups is 2. The van der Waals surface area contributed by atoms with Crippen molar-refractivity contribution in [3.05, 3.63) is 0 Å². The molecule has 1 N–H and O–H groups in total. The van der Waals surface area contributed by atoms with Crippen molar-refractivity contribution < 1.29 is 14.3 Å². The molecule has 0 aromatic rings. The van der Waals surface area contributed by atoms with E-state index in [4.69, 9.17) is 4.74 Å². The third-order valence-electron chi connectivity index (χ3n) is 4.29. The Hall–Kier alpha value is -1.83. The number of amides is 2. The molecule has 0 bridgehead atoms. The third-order valence-corrected chi connectivity index (χ3v) is 4.29. The number of hydrogen-bond donors (Lipinski definition) is 1. The summed E-state index contributed by atoms with van der Waals surface area (Å²) in [5, 5.41) is 3.22. The van der Waals surface area contributed by atoms with Crippen molar-refractivity contribution in [3.8, 4) is 0 Å². The molecule has 2 fully saturated rings. The number of nitrogens with one attached hydrogen (secondary N) is 1. The highest BCUT2D eigenvalue weighted by molar-refractivity contribution is 5.85. The summed E-state index contributed by atoms with van der Waals surface area (Å²) in [7, 11) is 3.44. The number of ether oxygens (including phenoxy) is 1. The summed E-state index contributed by atoms with van der Waals surface area (Å²) in [5.74, 6) is 0.811. The summed E-state index contributed by atoms with van der Waals surface area (Å²) in [6, 6.07) is 0. The lowest BCUT2D eigenvalue weighted by Crippen LogP contribution is -2.55. The van der Waals surface area contributed by atoms with Crippen LogP contribution in [0.3, 0.4) is 0 Å². The average molecular weight is 339 g/mol. The van der Waals surface area contributed by atoms with Crippen molar-refractivity contribution in [1.82, 2.24) is 20.0 Å². The zero-order valence-electron chi connectivity index (χ0n) is 15.0. The van der Waals surface area contributed by atoms with Gasteiger partial charge in [-0.15, -0.1) is 0 Å². The lowest BCUT2D eigenvalue weighted by molar-refractivity contribution is -0.142. The first-order valence-corrected chi connectivity index (χ1v) is 8.66. The Kier molecular flexibility index (Phi) is 6.84. The van der Waals surface area contributed by atoms with E-state index in [1.54, 1.807) is 14.1 Å². The van der Waals surface area contributed by atoms with E-state index in [1.807, 2.05) is 11.8 Å². The molecule has 0 saturated carbocycles. The fourth-order valence-electron chi connectivity index (χ4n) is 2.82. The van der Waals surface area contributed by atoms with Crippen LogP contribution in [0, 0.1) is 0 Å².